The minimum atomic E-state index is -0.339. The second kappa shape index (κ2) is 10.5. The van der Waals surface area contributed by atoms with Gasteiger partial charge in [0.2, 0.25) is 5.62 Å². The van der Waals surface area contributed by atoms with Crippen LogP contribution in [0.1, 0.15) is 58.3 Å². The molecule has 194 valence electrons. The van der Waals surface area contributed by atoms with E-state index < -0.39 is 0 Å². The van der Waals surface area contributed by atoms with Crippen LogP contribution in [0.4, 0.5) is 0 Å². The molecule has 0 aliphatic carbocycles. The molecule has 0 bridgehead atoms. The first-order chi connectivity index (χ1) is 17.0. The van der Waals surface area contributed by atoms with Crippen molar-refractivity contribution in [3.8, 4) is 11.5 Å². The Bertz CT molecular complexity index is 1380. The van der Waals surface area contributed by atoms with E-state index in [4.69, 9.17) is 9.47 Å². The standard InChI is InChI=1S/C25H34N6O5/c1-14-15(2)22-29-30(24(27-7)31(22)28-20(14)23(34)26-6)13-18(33)16-11-17(25(3,4)5)21(35-8)19(12-16)36-10-9-32/h11-12,32H,9-10,13H2,1-8H3,(H,26,34). The molecule has 11 heteroatoms. The van der Waals surface area contributed by atoms with Crippen LogP contribution in [0.15, 0.2) is 17.1 Å². The van der Waals surface area contributed by atoms with Crippen molar-refractivity contribution in [2.45, 2.75) is 46.6 Å². The first kappa shape index (κ1) is 26.9. The summed E-state index contributed by atoms with van der Waals surface area (Å²) in [6, 6.07) is 3.41. The van der Waals surface area contributed by atoms with Gasteiger partial charge in [0.15, 0.2) is 28.6 Å². The zero-order valence-corrected chi connectivity index (χ0v) is 22.1. The number of aromatic nitrogens is 4. The SMILES string of the molecule is CN=c1n(CC(=O)c2cc(OCCO)c(OC)c(C(C)(C)C)c2)nc2c(C)c(C)c(C(=O)NC)nn12. The van der Waals surface area contributed by atoms with E-state index in [9.17, 15) is 14.7 Å². The number of fused-ring (bicyclic) bond motifs is 1. The van der Waals surface area contributed by atoms with Gasteiger partial charge in [0, 0.05) is 30.8 Å². The maximum Gasteiger partial charge on any atom is 0.271 e. The molecule has 2 heterocycles. The maximum absolute atomic E-state index is 13.5. The molecular weight excluding hydrogens is 464 g/mol. The number of nitrogens with zero attached hydrogens (tertiary/aromatic N) is 5. The highest BCUT2D eigenvalue weighted by Gasteiger charge is 2.26. The van der Waals surface area contributed by atoms with Crippen molar-refractivity contribution in [2.75, 3.05) is 34.4 Å². The van der Waals surface area contributed by atoms with E-state index in [0.717, 1.165) is 11.1 Å². The van der Waals surface area contributed by atoms with E-state index >= 15 is 0 Å². The van der Waals surface area contributed by atoms with Crippen molar-refractivity contribution in [2.24, 2.45) is 4.99 Å². The van der Waals surface area contributed by atoms with Crippen molar-refractivity contribution < 1.29 is 24.2 Å². The zero-order valence-electron chi connectivity index (χ0n) is 22.1. The Balaban J connectivity index is 2.13. The van der Waals surface area contributed by atoms with E-state index in [1.165, 1.54) is 9.20 Å². The predicted octanol–water partition coefficient (Wildman–Crippen LogP) is 1.60. The van der Waals surface area contributed by atoms with Gasteiger partial charge in [-0.15, -0.1) is 5.10 Å². The Morgan fingerprint density at radius 1 is 1.17 bits per heavy atom. The smallest absolute Gasteiger partial charge is 0.271 e. The summed E-state index contributed by atoms with van der Waals surface area (Å²) in [5.74, 6) is 0.357. The summed E-state index contributed by atoms with van der Waals surface area (Å²) in [6.07, 6.45) is 0. The Morgan fingerprint density at radius 2 is 1.86 bits per heavy atom. The van der Waals surface area contributed by atoms with Crippen LogP contribution in [0.3, 0.4) is 0 Å². The first-order valence-electron chi connectivity index (χ1n) is 11.6. The molecule has 11 nitrogen and oxygen atoms in total. The summed E-state index contributed by atoms with van der Waals surface area (Å²) in [7, 11) is 4.66. The summed E-state index contributed by atoms with van der Waals surface area (Å²) < 4.78 is 14.2. The number of Topliss-reactive ketones (excluding diaryl/α,β-unsaturated/α-hetero) is 1. The number of rotatable bonds is 8. The maximum atomic E-state index is 13.5. The Labute approximate surface area is 209 Å². The van der Waals surface area contributed by atoms with Crippen molar-refractivity contribution in [1.82, 2.24) is 24.7 Å². The summed E-state index contributed by atoms with van der Waals surface area (Å²) in [5.41, 5.74) is 3.42. The van der Waals surface area contributed by atoms with Gasteiger partial charge in [-0.3, -0.25) is 14.6 Å². The van der Waals surface area contributed by atoms with Crippen LogP contribution in [0.2, 0.25) is 0 Å². The van der Waals surface area contributed by atoms with Gasteiger partial charge in [-0.25, -0.2) is 4.68 Å². The molecule has 0 saturated carbocycles. The molecule has 3 rings (SSSR count). The third-order valence-corrected chi connectivity index (χ3v) is 5.96. The molecule has 0 atom stereocenters. The van der Waals surface area contributed by atoms with Gasteiger partial charge in [0.25, 0.3) is 5.91 Å². The lowest BCUT2D eigenvalue weighted by atomic mass is 9.84. The number of hydrogen-bond donors (Lipinski definition) is 2. The van der Waals surface area contributed by atoms with E-state index in [2.05, 4.69) is 20.5 Å². The number of aliphatic hydroxyl groups excluding tert-OH is 1. The van der Waals surface area contributed by atoms with Crippen LogP contribution in [0, 0.1) is 13.8 Å². The average molecular weight is 499 g/mol. The number of nitrogens with one attached hydrogen (secondary N) is 1. The molecule has 0 saturated heterocycles. The predicted molar refractivity (Wildman–Crippen MR) is 134 cm³/mol. The lowest BCUT2D eigenvalue weighted by molar-refractivity contribution is 0.0950. The number of ether oxygens (including phenoxy) is 2. The first-order valence-corrected chi connectivity index (χ1v) is 11.6. The second-order valence-corrected chi connectivity index (χ2v) is 9.39. The van der Waals surface area contributed by atoms with Crippen molar-refractivity contribution in [1.29, 1.82) is 0 Å². The minimum Gasteiger partial charge on any atom is -0.493 e. The van der Waals surface area contributed by atoms with E-state index in [0.29, 0.717) is 33.9 Å². The second-order valence-electron chi connectivity index (χ2n) is 9.39. The lowest BCUT2D eigenvalue weighted by Gasteiger charge is -2.25. The van der Waals surface area contributed by atoms with Gasteiger partial charge in [0.05, 0.1) is 13.7 Å². The third-order valence-electron chi connectivity index (χ3n) is 5.96. The number of aryl methyl sites for hydroxylation is 1. The molecule has 0 fully saturated rings. The number of carbonyl (C=O) groups excluding carboxylic acids is 2. The molecule has 0 aliphatic rings. The number of ketones is 1. The molecule has 2 aromatic heterocycles. The number of aliphatic hydroxyl groups is 1. The van der Waals surface area contributed by atoms with Gasteiger partial charge < -0.3 is 19.9 Å². The molecule has 0 spiro atoms. The fourth-order valence-electron chi connectivity index (χ4n) is 3.92. The van der Waals surface area contributed by atoms with Crippen LogP contribution in [-0.2, 0) is 12.0 Å². The van der Waals surface area contributed by atoms with E-state index in [-0.39, 0.29) is 42.6 Å². The number of methoxy groups -OCH3 is 1. The normalized spacial score (nSPS) is 12.2. The minimum absolute atomic E-state index is 0.0651. The van der Waals surface area contributed by atoms with Gasteiger partial charge in [-0.05, 0) is 37.0 Å². The van der Waals surface area contributed by atoms with Crippen molar-refractivity contribution >= 4 is 17.3 Å². The van der Waals surface area contributed by atoms with Gasteiger partial charge in [-0.2, -0.15) is 9.61 Å². The Morgan fingerprint density at radius 3 is 2.42 bits per heavy atom. The fourth-order valence-corrected chi connectivity index (χ4v) is 3.92. The summed E-state index contributed by atoms with van der Waals surface area (Å²) >= 11 is 0. The molecule has 0 unspecified atom stereocenters. The molecule has 2 N–H and O–H groups in total. The number of carbonyl (C=O) groups is 2. The number of hydrogen-bond acceptors (Lipinski definition) is 8. The van der Waals surface area contributed by atoms with E-state index in [1.807, 2.05) is 27.7 Å². The number of benzene rings is 1. The molecule has 0 aliphatic heterocycles. The fraction of sp³-hybridized carbons (Fsp3) is 0.480. The summed E-state index contributed by atoms with van der Waals surface area (Å²) in [5, 5.41) is 20.9. The number of amides is 1. The van der Waals surface area contributed by atoms with Crippen LogP contribution >= 0.6 is 0 Å². The largest absolute Gasteiger partial charge is 0.493 e. The molecule has 1 amide bonds. The molecule has 0 radical (unpaired) electrons. The highest BCUT2D eigenvalue weighted by Crippen LogP contribution is 2.40. The average Bonchev–Trinajstić information content (AvgIpc) is 3.19. The van der Waals surface area contributed by atoms with Crippen LogP contribution in [0.25, 0.3) is 5.65 Å². The Kier molecular flexibility index (Phi) is 7.83. The molecule has 1 aromatic carbocycles. The topological polar surface area (TPSA) is 132 Å². The van der Waals surface area contributed by atoms with Gasteiger partial charge >= 0.3 is 0 Å². The van der Waals surface area contributed by atoms with E-state index in [1.54, 1.807) is 40.3 Å². The lowest BCUT2D eigenvalue weighted by Crippen LogP contribution is -2.29. The van der Waals surface area contributed by atoms with Crippen LogP contribution in [-0.4, -0.2) is 70.6 Å². The van der Waals surface area contributed by atoms with Crippen LogP contribution < -0.4 is 20.4 Å². The molecule has 36 heavy (non-hydrogen) atoms. The highest BCUT2D eigenvalue weighted by molar-refractivity contribution is 5.97. The molecular formula is C25H34N6O5. The Hall–Kier alpha value is -3.73. The quantitative estimate of drug-likeness (QED) is 0.451. The summed E-state index contributed by atoms with van der Waals surface area (Å²) in [4.78, 5) is 30.1. The summed E-state index contributed by atoms with van der Waals surface area (Å²) in [6.45, 7) is 9.48. The van der Waals surface area contributed by atoms with Crippen molar-refractivity contribution in [3.63, 3.8) is 0 Å². The van der Waals surface area contributed by atoms with Gasteiger partial charge in [0.1, 0.15) is 13.2 Å². The molecule has 3 aromatic rings. The zero-order chi connectivity index (χ0) is 26.8. The third kappa shape index (κ3) is 4.97. The highest BCUT2D eigenvalue weighted by atomic mass is 16.5. The van der Waals surface area contributed by atoms with Crippen molar-refractivity contribution in [3.05, 3.63) is 45.7 Å². The van der Waals surface area contributed by atoms with Gasteiger partial charge in [-0.1, -0.05) is 20.8 Å². The van der Waals surface area contributed by atoms with Crippen LogP contribution in [0.5, 0.6) is 11.5 Å². The monoisotopic (exact) mass is 498 g/mol.